The van der Waals surface area contributed by atoms with Gasteiger partial charge in [0, 0.05) is 101 Å². The highest BCUT2D eigenvalue weighted by Gasteiger charge is 2.33. The largest absolute Gasteiger partial charge is 0.377 e. The summed E-state index contributed by atoms with van der Waals surface area (Å²) in [5, 5.41) is 21.1. The Morgan fingerprint density at radius 2 is 1.12 bits per heavy atom. The summed E-state index contributed by atoms with van der Waals surface area (Å²) >= 11 is 0. The van der Waals surface area contributed by atoms with E-state index in [-0.39, 0.29) is 104 Å². The van der Waals surface area contributed by atoms with Gasteiger partial charge in [-0.1, -0.05) is 143 Å². The van der Waals surface area contributed by atoms with Gasteiger partial charge in [-0.25, -0.2) is 8.42 Å². The lowest BCUT2D eigenvalue weighted by atomic mass is 9.86. The molecule has 0 fully saturated rings. The van der Waals surface area contributed by atoms with Gasteiger partial charge in [-0.15, -0.1) is 0 Å². The summed E-state index contributed by atoms with van der Waals surface area (Å²) < 4.78 is 28.5. The van der Waals surface area contributed by atoms with E-state index >= 15 is 0 Å². The topological polar surface area (TPSA) is 255 Å². The van der Waals surface area contributed by atoms with Crippen LogP contribution in [0.25, 0.3) is 21.5 Å². The van der Waals surface area contributed by atoms with Gasteiger partial charge in [0.05, 0.1) is 48.3 Å². The number of guanidine groups is 1. The molecule has 0 saturated carbocycles. The van der Waals surface area contributed by atoms with Gasteiger partial charge >= 0.3 is 5.96 Å². The number of amides is 4. The molecule has 0 unspecified atom stereocenters. The number of carbonyl (C=O) groups excluding carboxylic acids is 6. The molecule has 0 bridgehead atoms. The fourth-order valence-electron chi connectivity index (χ4n) is 10.3. The van der Waals surface area contributed by atoms with E-state index in [2.05, 4.69) is 66.1 Å². The minimum atomic E-state index is -4.02. The van der Waals surface area contributed by atoms with Crippen molar-refractivity contribution >= 4 is 83.9 Å². The molecule has 0 saturated heterocycles. The number of carbonyl (C=O) groups is 6. The zero-order chi connectivity index (χ0) is 60.9. The Morgan fingerprint density at radius 1 is 0.560 bits per heavy atom. The third-order valence-electron chi connectivity index (χ3n) is 14.9. The Morgan fingerprint density at radius 3 is 1.74 bits per heavy atom. The lowest BCUT2D eigenvalue weighted by Crippen LogP contribution is -2.80. The fraction of sp³-hybridized carbons (Fsp3) is 0.400. The van der Waals surface area contributed by atoms with E-state index in [1.165, 1.54) is 0 Å². The molecule has 0 aliphatic rings. The van der Waals surface area contributed by atoms with E-state index in [9.17, 15) is 37.2 Å². The maximum absolute atomic E-state index is 14.2. The van der Waals surface area contributed by atoms with E-state index in [0.29, 0.717) is 18.4 Å². The molecule has 18 nitrogen and oxygen atoms in total. The second-order valence-corrected chi connectivity index (χ2v) is 24.4. The first-order valence-corrected chi connectivity index (χ1v) is 30.5. The number of nitrogens with two attached hydrogens (primary N) is 1. The molecule has 4 atom stereocenters. The Balaban J connectivity index is 0.916. The molecular weight excluding hydrogens is 1080 g/mol. The van der Waals surface area contributed by atoms with E-state index in [0.717, 1.165) is 44.2 Å². The highest BCUT2D eigenvalue weighted by Crippen LogP contribution is 2.32. The Labute approximate surface area is 495 Å². The summed E-state index contributed by atoms with van der Waals surface area (Å²) in [6, 6.07) is 40.4. The molecule has 84 heavy (non-hydrogen) atoms. The van der Waals surface area contributed by atoms with Crippen molar-refractivity contribution in [1.82, 2.24) is 31.9 Å². The molecule has 6 aromatic rings. The van der Waals surface area contributed by atoms with Crippen molar-refractivity contribution in [2.75, 3.05) is 76.5 Å². The smallest absolute Gasteiger partial charge is 0.341 e. The predicted octanol–water partition coefficient (Wildman–Crippen LogP) is 4.21. The summed E-state index contributed by atoms with van der Waals surface area (Å²) in [5.74, 6) is -4.71. The van der Waals surface area contributed by atoms with Crippen molar-refractivity contribution in [3.63, 3.8) is 0 Å². The lowest BCUT2D eigenvalue weighted by molar-refractivity contribution is -0.458. The van der Waals surface area contributed by atoms with Gasteiger partial charge in [0.15, 0.2) is 21.4 Å². The molecule has 6 aromatic carbocycles. The minimum absolute atomic E-state index is 0.00619. The van der Waals surface area contributed by atoms with Crippen LogP contribution in [0.5, 0.6) is 0 Å². The van der Waals surface area contributed by atoms with Gasteiger partial charge in [0.25, 0.3) is 0 Å². The van der Waals surface area contributed by atoms with Gasteiger partial charge in [-0.3, -0.25) is 44.8 Å². The third kappa shape index (κ3) is 18.9. The van der Waals surface area contributed by atoms with Crippen LogP contribution in [0.15, 0.2) is 138 Å². The summed E-state index contributed by atoms with van der Waals surface area (Å²) in [7, 11) is 3.78. The number of nitrogens with zero attached hydrogens (tertiary/aromatic N) is 2. The average Bonchev–Trinajstić information content (AvgIpc) is 2.13. The lowest BCUT2D eigenvalue weighted by Gasteiger charge is -2.25. The molecule has 0 aromatic heterocycles. The Bertz CT molecular complexity index is 3350. The molecule has 4 amide bonds. The van der Waals surface area contributed by atoms with Crippen LogP contribution in [-0.4, -0.2) is 128 Å². The number of anilines is 2. The monoisotopic (exact) mass is 1170 g/mol. The quantitative estimate of drug-likeness (QED) is 0.0168. The fourth-order valence-corrected chi connectivity index (χ4v) is 12.1. The predicted molar refractivity (Wildman–Crippen MR) is 334 cm³/mol. The molecule has 9 N–H and O–H groups in total. The van der Waals surface area contributed by atoms with Gasteiger partial charge in [0.1, 0.15) is 0 Å². The number of fused-ring (bicyclic) bond motifs is 2. The van der Waals surface area contributed by atoms with E-state index in [4.69, 9.17) is 5.73 Å². The summed E-state index contributed by atoms with van der Waals surface area (Å²) in [6.07, 6.45) is 0.274. The van der Waals surface area contributed by atoms with Crippen molar-refractivity contribution in [1.29, 1.82) is 0 Å². The van der Waals surface area contributed by atoms with Crippen LogP contribution in [0.4, 0.5) is 11.4 Å². The average molecular weight is 1170 g/mol. The molecule has 6 rings (SSSR count). The number of hydrogen-bond acceptors (Lipinski definition) is 11. The van der Waals surface area contributed by atoms with Crippen molar-refractivity contribution in [2.24, 2.45) is 29.4 Å². The van der Waals surface area contributed by atoms with Crippen LogP contribution < -0.4 is 52.4 Å². The molecule has 19 heteroatoms. The first-order chi connectivity index (χ1) is 40.1. The molecule has 0 aliphatic carbocycles. The van der Waals surface area contributed by atoms with Crippen LogP contribution in [0.2, 0.25) is 0 Å². The maximum Gasteiger partial charge on any atom is 0.341 e. The number of ketones is 2. The zero-order valence-corrected chi connectivity index (χ0v) is 50.6. The van der Waals surface area contributed by atoms with E-state index < -0.39 is 51.3 Å². The van der Waals surface area contributed by atoms with Crippen molar-refractivity contribution in [3.8, 4) is 0 Å². The summed E-state index contributed by atoms with van der Waals surface area (Å²) in [4.78, 5) is 88.2. The van der Waals surface area contributed by atoms with Crippen molar-refractivity contribution < 1.29 is 42.2 Å². The Hall–Kier alpha value is -8.16. The van der Waals surface area contributed by atoms with Crippen molar-refractivity contribution in [3.05, 3.63) is 150 Å². The first-order valence-electron chi connectivity index (χ1n) is 28.8. The number of hydrogen-bond donors (Lipinski definition) is 8. The van der Waals surface area contributed by atoms with Gasteiger partial charge < -0.3 is 36.4 Å². The summed E-state index contributed by atoms with van der Waals surface area (Å²) in [6.45, 7) is 8.37. The van der Waals surface area contributed by atoms with Crippen LogP contribution in [0.1, 0.15) is 63.6 Å². The highest BCUT2D eigenvalue weighted by molar-refractivity contribution is 7.91. The highest BCUT2D eigenvalue weighted by atomic mass is 32.2. The normalized spacial score (nSPS) is 13.2. The number of sulfone groups is 1. The van der Waals surface area contributed by atoms with Crippen LogP contribution >= 0.6 is 0 Å². The van der Waals surface area contributed by atoms with Gasteiger partial charge in [0.2, 0.25) is 23.6 Å². The second-order valence-electron chi connectivity index (χ2n) is 22.4. The number of nitrogens with one attached hydrogen (secondary N) is 7. The second kappa shape index (κ2) is 31.5. The summed E-state index contributed by atoms with van der Waals surface area (Å²) in [5.41, 5.74) is 10.9. The van der Waals surface area contributed by atoms with Crippen LogP contribution in [-0.2, 0) is 58.0 Å². The third-order valence-corrected chi connectivity index (χ3v) is 16.8. The molecule has 0 radical (unpaired) electrons. The molecule has 0 heterocycles. The van der Waals surface area contributed by atoms with E-state index in [1.807, 2.05) is 132 Å². The molecular formula is C65H85N10O8S+. The minimum Gasteiger partial charge on any atom is -0.377 e. The standard InChI is InChI=1S/C65H84N10O8S/c1-43(2)53(39-58(77)54(38-46-21-13-10-14-22-46)71-40-47-23-15-25-50-49(47)24-16-28-55(50)74(5)6)64(81)72-41-61(79)68-34-36-70-65(66)69-35-33-67-60(78)32-31-57(76)62(44(3)4)73-63(80)48(37-45-19-11-9-12-20-45)42-84(82,83)59-30-18-26-51-52(59)27-17-29-56(51)75(7)8/h9-30,43-44,48,53-54,62,71H,31-42H2,1-8H3,(H,67,78)(H,68,79)(H,72,81)(H,73,80)(H3,66,69,70)/p+1/t48-,53+,54+,62+/m1/s1. The Kier molecular flexibility index (Phi) is 24.4. The van der Waals surface area contributed by atoms with Crippen LogP contribution in [0, 0.1) is 23.7 Å². The number of rotatable bonds is 32. The maximum atomic E-state index is 14.2. The molecule has 0 aliphatic heterocycles. The van der Waals surface area contributed by atoms with Crippen molar-refractivity contribution in [2.45, 2.75) is 83.3 Å². The first kappa shape index (κ1) is 65.0. The number of benzene rings is 6. The van der Waals surface area contributed by atoms with Crippen LogP contribution in [0.3, 0.4) is 0 Å². The van der Waals surface area contributed by atoms with E-state index in [1.54, 1.807) is 38.1 Å². The molecule has 448 valence electrons. The molecule has 0 spiro atoms. The zero-order valence-electron chi connectivity index (χ0n) is 49.8. The number of Topliss-reactive ketones (excluding diaryl/α,β-unsaturated/α-hetero) is 2. The SMILES string of the molecule is CC(C)[C@H](CC(=O)[C@H](Cc1ccccc1)NCc1cccc2c(N(C)C)cccc12)C(=O)NCC(=O)NCC[NH+]=C(N)NCCNC(=O)CCC(=O)[C@@H](NC(=O)[C@H](Cc1ccccc1)CS(=O)(=O)c1cccc2c(N(C)C)cccc12)C(C)C. The van der Waals surface area contributed by atoms with Gasteiger partial charge in [-0.05, 0) is 65.0 Å². The van der Waals surface area contributed by atoms with Gasteiger partial charge in [-0.2, -0.15) is 0 Å².